The van der Waals surface area contributed by atoms with Gasteiger partial charge in [0.1, 0.15) is 23.9 Å². The van der Waals surface area contributed by atoms with E-state index in [-0.39, 0.29) is 11.5 Å². The van der Waals surface area contributed by atoms with E-state index in [1.54, 1.807) is 0 Å². The molecule has 6 nitrogen and oxygen atoms in total. The fourth-order valence-corrected chi connectivity index (χ4v) is 0.645. The van der Waals surface area contributed by atoms with Gasteiger partial charge in [0.05, 0.1) is 0 Å². The van der Waals surface area contributed by atoms with Crippen LogP contribution in [0.25, 0.3) is 0 Å². The lowest BCUT2D eigenvalue weighted by molar-refractivity contribution is -0.603. The highest BCUT2D eigenvalue weighted by molar-refractivity contribution is 4.91. The number of aliphatic hydroxyl groups excluding tert-OH is 2. The molecule has 10 N–H and O–H groups in total. The van der Waals surface area contributed by atoms with E-state index in [9.17, 15) is 0 Å². The van der Waals surface area contributed by atoms with E-state index in [0.717, 1.165) is 0 Å². The van der Waals surface area contributed by atoms with Crippen molar-refractivity contribution in [3.63, 3.8) is 0 Å². The van der Waals surface area contributed by atoms with Crippen LogP contribution in [0.4, 0.5) is 0 Å². The van der Waals surface area contributed by atoms with Crippen molar-refractivity contribution < 1.29 is 21.1 Å². The molecule has 0 aromatic carbocycles. The van der Waals surface area contributed by atoms with Crippen molar-refractivity contribution in [2.24, 2.45) is 11.7 Å². The molecule has 0 fully saturated rings. The van der Waals surface area contributed by atoms with Crippen LogP contribution in [0.15, 0.2) is 23.9 Å². The normalized spacial score (nSPS) is 13.5. The van der Waals surface area contributed by atoms with E-state index in [0.29, 0.717) is 12.8 Å². The zero-order chi connectivity index (χ0) is 9.40. The summed E-state index contributed by atoms with van der Waals surface area (Å²) in [5, 5.41) is 18.1. The predicted octanol–water partition coefficient (Wildman–Crippen LogP) is -2.56. The molecule has 0 saturated heterocycles. The Labute approximate surface area is 70.5 Å². The molecule has 0 aromatic heterocycles. The zero-order valence-electron chi connectivity index (χ0n) is 6.77. The maximum Gasteiger partial charge on any atom is 0.149 e. The van der Waals surface area contributed by atoms with Crippen molar-refractivity contribution in [3.8, 4) is 0 Å². The third kappa shape index (κ3) is 5.69. The molecule has 0 heterocycles. The summed E-state index contributed by atoms with van der Waals surface area (Å²) in [6.07, 6.45) is 3.45. The number of hydrogen-bond acceptors (Lipinski definition) is 4. The molecule has 0 saturated carbocycles. The molecule has 0 amide bonds. The minimum absolute atomic E-state index is 0.134. The SMILES string of the molecule is N[NH2+]C=C(O)CCC(O)=C[NH2+]N. The average Bonchev–Trinajstić information content (AvgIpc) is 2.02. The molecule has 0 atom stereocenters. The summed E-state index contributed by atoms with van der Waals surface area (Å²) < 4.78 is 0. The number of nitrogens with two attached hydrogens (primary N) is 4. The smallest absolute Gasteiger partial charge is 0.149 e. The zero-order valence-corrected chi connectivity index (χ0v) is 6.77. The lowest BCUT2D eigenvalue weighted by atomic mass is 10.2. The molecule has 0 rings (SSSR count). The van der Waals surface area contributed by atoms with Gasteiger partial charge in [-0.15, -0.1) is 0 Å². The minimum atomic E-state index is 0.134. The summed E-state index contributed by atoms with van der Waals surface area (Å²) in [5.74, 6) is 10.3. The van der Waals surface area contributed by atoms with Crippen molar-refractivity contribution in [2.75, 3.05) is 0 Å². The molecule has 0 bridgehead atoms. The van der Waals surface area contributed by atoms with Gasteiger partial charge in [0.2, 0.25) is 0 Å². The standard InChI is InChI=1S/C6H14N4O2/c7-9-3-5(11)1-2-6(12)4-10-8/h3-4,9-12H,1-2,7-8H2/p+2. The van der Waals surface area contributed by atoms with Crippen molar-refractivity contribution in [1.82, 2.24) is 0 Å². The Balaban J connectivity index is 3.68. The first-order chi connectivity index (χ1) is 5.70. The molecular formula is C6H16N4O2+2. The number of allylic oxidation sites excluding steroid dienone is 2. The van der Waals surface area contributed by atoms with E-state index < -0.39 is 0 Å². The Morgan fingerprint density at radius 2 is 1.33 bits per heavy atom. The summed E-state index contributed by atoms with van der Waals surface area (Å²) in [7, 11) is 0. The summed E-state index contributed by atoms with van der Waals surface area (Å²) in [6, 6.07) is 0. The van der Waals surface area contributed by atoms with Crippen molar-refractivity contribution in [1.29, 1.82) is 0 Å². The summed E-state index contributed by atoms with van der Waals surface area (Å²) in [6.45, 7) is 0. The molecule has 0 radical (unpaired) electrons. The quantitative estimate of drug-likeness (QED) is 0.156. The molecule has 6 heteroatoms. The summed E-state index contributed by atoms with van der Waals surface area (Å²) in [4.78, 5) is 0. The van der Waals surface area contributed by atoms with Crippen LogP contribution in [0, 0.1) is 0 Å². The summed E-state index contributed by atoms with van der Waals surface area (Å²) >= 11 is 0. The van der Waals surface area contributed by atoms with Crippen LogP contribution in [0.2, 0.25) is 0 Å². The van der Waals surface area contributed by atoms with Gasteiger partial charge in [-0.2, -0.15) is 11.7 Å². The van der Waals surface area contributed by atoms with E-state index in [4.69, 9.17) is 21.9 Å². The van der Waals surface area contributed by atoms with E-state index in [1.807, 2.05) is 0 Å². The second kappa shape index (κ2) is 6.62. The highest BCUT2D eigenvalue weighted by Crippen LogP contribution is 2.03. The maximum absolute atomic E-state index is 9.04. The van der Waals surface area contributed by atoms with Crippen molar-refractivity contribution in [2.45, 2.75) is 12.8 Å². The Kier molecular flexibility index (Phi) is 6.02. The van der Waals surface area contributed by atoms with Gasteiger partial charge in [-0.3, -0.25) is 0 Å². The minimum Gasteiger partial charge on any atom is -0.507 e. The highest BCUT2D eigenvalue weighted by atomic mass is 16.3. The highest BCUT2D eigenvalue weighted by Gasteiger charge is 1.99. The molecule has 0 aliphatic carbocycles. The Morgan fingerprint density at radius 3 is 1.58 bits per heavy atom. The number of rotatable bonds is 5. The van der Waals surface area contributed by atoms with Crippen molar-refractivity contribution in [3.05, 3.63) is 23.9 Å². The van der Waals surface area contributed by atoms with Gasteiger partial charge < -0.3 is 10.2 Å². The first-order valence-corrected chi connectivity index (χ1v) is 3.57. The maximum atomic E-state index is 9.04. The van der Waals surface area contributed by atoms with E-state index in [1.165, 1.54) is 23.3 Å². The largest absolute Gasteiger partial charge is 0.507 e. The van der Waals surface area contributed by atoms with Crippen LogP contribution in [-0.4, -0.2) is 10.2 Å². The predicted molar refractivity (Wildman–Crippen MR) is 42.9 cm³/mol. The molecule has 0 aliphatic heterocycles. The lowest BCUT2D eigenvalue weighted by Gasteiger charge is -1.96. The van der Waals surface area contributed by atoms with Gasteiger partial charge in [0.15, 0.2) is 0 Å². The fraction of sp³-hybridized carbons (Fsp3) is 0.333. The van der Waals surface area contributed by atoms with Gasteiger partial charge in [-0.1, -0.05) is 0 Å². The lowest BCUT2D eigenvalue weighted by Crippen LogP contribution is -2.85. The molecule has 0 unspecified atom stereocenters. The molecule has 0 aliphatic rings. The molecule has 12 heavy (non-hydrogen) atoms. The van der Waals surface area contributed by atoms with E-state index >= 15 is 0 Å². The van der Waals surface area contributed by atoms with Crippen LogP contribution in [0.5, 0.6) is 0 Å². The first-order valence-electron chi connectivity index (χ1n) is 3.57. The fourth-order valence-electron chi connectivity index (χ4n) is 0.645. The topological polar surface area (TPSA) is 126 Å². The third-order valence-electron chi connectivity index (χ3n) is 1.21. The van der Waals surface area contributed by atoms with Crippen LogP contribution in [0.1, 0.15) is 12.8 Å². The second-order valence-corrected chi connectivity index (χ2v) is 2.20. The van der Waals surface area contributed by atoms with Gasteiger partial charge in [-0.05, 0) is 0 Å². The average molecular weight is 176 g/mol. The van der Waals surface area contributed by atoms with E-state index in [2.05, 4.69) is 0 Å². The van der Waals surface area contributed by atoms with Gasteiger partial charge in [-0.25, -0.2) is 10.9 Å². The monoisotopic (exact) mass is 176 g/mol. The molecule has 0 aromatic rings. The molecule has 70 valence electrons. The Morgan fingerprint density at radius 1 is 1.00 bits per heavy atom. The van der Waals surface area contributed by atoms with Crippen LogP contribution in [0.3, 0.4) is 0 Å². The Hall–Kier alpha value is -1.08. The van der Waals surface area contributed by atoms with Crippen LogP contribution < -0.4 is 22.5 Å². The van der Waals surface area contributed by atoms with Gasteiger partial charge in [0, 0.05) is 12.8 Å². The second-order valence-electron chi connectivity index (χ2n) is 2.20. The van der Waals surface area contributed by atoms with Crippen LogP contribution in [-0.2, 0) is 0 Å². The Bertz CT molecular complexity index is 158. The number of aliphatic hydroxyl groups is 2. The van der Waals surface area contributed by atoms with Crippen molar-refractivity contribution >= 4 is 0 Å². The van der Waals surface area contributed by atoms with Gasteiger partial charge >= 0.3 is 0 Å². The number of hydrogen-bond donors (Lipinski definition) is 6. The molecule has 0 spiro atoms. The third-order valence-corrected chi connectivity index (χ3v) is 1.21. The first kappa shape index (κ1) is 10.9. The van der Waals surface area contributed by atoms with Crippen LogP contribution >= 0.6 is 0 Å². The molecular weight excluding hydrogens is 160 g/mol. The van der Waals surface area contributed by atoms with Gasteiger partial charge in [0.25, 0.3) is 0 Å². The number of quaternary nitrogens is 2. The summed E-state index contributed by atoms with van der Waals surface area (Å²) in [5.41, 5.74) is 2.48.